The van der Waals surface area contributed by atoms with Gasteiger partial charge in [0, 0.05) is 32.1 Å². The number of nitrogens with zero attached hydrogens (tertiary/aromatic N) is 3. The van der Waals surface area contributed by atoms with E-state index in [-0.39, 0.29) is 12.5 Å². The largest absolute Gasteiger partial charge is 0.395 e. The van der Waals surface area contributed by atoms with Crippen molar-refractivity contribution in [2.75, 3.05) is 30.4 Å². The zero-order chi connectivity index (χ0) is 20.6. The molecule has 0 bridgehead atoms. The van der Waals surface area contributed by atoms with Crippen LogP contribution in [0.5, 0.6) is 0 Å². The highest BCUT2D eigenvalue weighted by molar-refractivity contribution is 6.01. The molecule has 2 N–H and O–H groups in total. The maximum Gasteiger partial charge on any atom is 0.249 e. The predicted molar refractivity (Wildman–Crippen MR) is 117 cm³/mol. The van der Waals surface area contributed by atoms with Crippen molar-refractivity contribution >= 4 is 23.6 Å². The number of aromatic nitrogens is 2. The highest BCUT2D eigenvalue weighted by Gasteiger charge is 2.07. The summed E-state index contributed by atoms with van der Waals surface area (Å²) in [6, 6.07) is 15.5. The van der Waals surface area contributed by atoms with E-state index in [9.17, 15) is 4.79 Å². The van der Waals surface area contributed by atoms with E-state index in [1.807, 2.05) is 67.4 Å². The number of hydrogen-bond acceptors (Lipinski definition) is 5. The molecule has 0 saturated carbocycles. The maximum atomic E-state index is 12.3. The fourth-order valence-corrected chi connectivity index (χ4v) is 2.86. The molecule has 0 aliphatic carbocycles. The normalized spacial score (nSPS) is 10.9. The van der Waals surface area contributed by atoms with Crippen molar-refractivity contribution in [3.8, 4) is 11.1 Å². The molecule has 2 aromatic heterocycles. The summed E-state index contributed by atoms with van der Waals surface area (Å²) in [5.41, 5.74) is 3.98. The lowest BCUT2D eigenvalue weighted by Crippen LogP contribution is -2.22. The Hall–Kier alpha value is -3.51. The number of carbonyl (C=O) groups excluding carboxylic acids is 1. The summed E-state index contributed by atoms with van der Waals surface area (Å²) in [7, 11) is 1.88. The van der Waals surface area contributed by atoms with Crippen LogP contribution in [0.4, 0.5) is 11.6 Å². The smallest absolute Gasteiger partial charge is 0.249 e. The van der Waals surface area contributed by atoms with Crippen LogP contribution < -0.4 is 10.2 Å². The van der Waals surface area contributed by atoms with E-state index < -0.39 is 0 Å². The fraction of sp³-hybridized carbons (Fsp3) is 0.174. The summed E-state index contributed by atoms with van der Waals surface area (Å²) in [6.07, 6.45) is 6.66. The van der Waals surface area contributed by atoms with Gasteiger partial charge in [0.2, 0.25) is 5.91 Å². The third-order valence-electron chi connectivity index (χ3n) is 4.39. The molecule has 2 heterocycles. The highest BCUT2D eigenvalue weighted by atomic mass is 16.3. The van der Waals surface area contributed by atoms with Crippen LogP contribution >= 0.6 is 0 Å². The minimum Gasteiger partial charge on any atom is -0.395 e. The SMILES string of the molecule is Cc1cccc(/C=C/C(=O)Nc2cc(-c3ccnc(N(C)CCO)c3)ccn2)c1. The van der Waals surface area contributed by atoms with Crippen LogP contribution in [-0.2, 0) is 4.79 Å². The number of aryl methyl sites for hydroxylation is 1. The Kier molecular flexibility index (Phi) is 6.71. The van der Waals surface area contributed by atoms with Gasteiger partial charge in [-0.15, -0.1) is 0 Å². The molecule has 0 aliphatic heterocycles. The van der Waals surface area contributed by atoms with Gasteiger partial charge in [-0.05, 0) is 54.0 Å². The van der Waals surface area contributed by atoms with Crippen molar-refractivity contribution in [2.45, 2.75) is 6.92 Å². The molecule has 148 valence electrons. The van der Waals surface area contributed by atoms with Crippen LogP contribution in [0.3, 0.4) is 0 Å². The number of anilines is 2. The third kappa shape index (κ3) is 5.73. The molecule has 6 nitrogen and oxygen atoms in total. The quantitative estimate of drug-likeness (QED) is 0.606. The Morgan fingerprint density at radius 1 is 1.10 bits per heavy atom. The monoisotopic (exact) mass is 388 g/mol. The van der Waals surface area contributed by atoms with Crippen molar-refractivity contribution in [3.63, 3.8) is 0 Å². The van der Waals surface area contributed by atoms with Crippen LogP contribution in [0.25, 0.3) is 17.2 Å². The zero-order valence-corrected chi connectivity index (χ0v) is 16.5. The number of hydrogen-bond donors (Lipinski definition) is 2. The van der Waals surface area contributed by atoms with E-state index in [1.165, 1.54) is 6.08 Å². The first-order valence-electron chi connectivity index (χ1n) is 9.35. The minimum atomic E-state index is -0.241. The van der Waals surface area contributed by atoms with Gasteiger partial charge < -0.3 is 15.3 Å². The van der Waals surface area contributed by atoms with Gasteiger partial charge in [-0.2, -0.15) is 0 Å². The van der Waals surface area contributed by atoms with E-state index in [2.05, 4.69) is 15.3 Å². The molecular formula is C23H24N4O2. The number of rotatable bonds is 7. The molecule has 1 aromatic carbocycles. The van der Waals surface area contributed by atoms with Crippen molar-refractivity contribution in [2.24, 2.45) is 0 Å². The lowest BCUT2D eigenvalue weighted by atomic mass is 10.1. The molecule has 3 rings (SSSR count). The topological polar surface area (TPSA) is 78.4 Å². The van der Waals surface area contributed by atoms with Crippen molar-refractivity contribution in [3.05, 3.63) is 78.1 Å². The third-order valence-corrected chi connectivity index (χ3v) is 4.39. The highest BCUT2D eigenvalue weighted by Crippen LogP contribution is 2.24. The lowest BCUT2D eigenvalue weighted by molar-refractivity contribution is -0.111. The van der Waals surface area contributed by atoms with Crippen LogP contribution in [0, 0.1) is 6.92 Å². The summed E-state index contributed by atoms with van der Waals surface area (Å²) in [5.74, 6) is 0.998. The van der Waals surface area contributed by atoms with E-state index in [0.29, 0.717) is 12.4 Å². The first-order valence-corrected chi connectivity index (χ1v) is 9.35. The minimum absolute atomic E-state index is 0.0594. The van der Waals surface area contributed by atoms with Gasteiger partial charge in [0.1, 0.15) is 11.6 Å². The van der Waals surface area contributed by atoms with Gasteiger partial charge in [0.25, 0.3) is 0 Å². The predicted octanol–water partition coefficient (Wildman–Crippen LogP) is 3.53. The van der Waals surface area contributed by atoms with Crippen LogP contribution in [0.1, 0.15) is 11.1 Å². The molecule has 0 fully saturated rings. The second kappa shape index (κ2) is 9.61. The number of carbonyl (C=O) groups is 1. The molecule has 0 atom stereocenters. The molecule has 0 radical (unpaired) electrons. The average molecular weight is 388 g/mol. The number of benzene rings is 1. The van der Waals surface area contributed by atoms with Gasteiger partial charge in [-0.3, -0.25) is 4.79 Å². The van der Waals surface area contributed by atoms with Gasteiger partial charge >= 0.3 is 0 Å². The molecular weight excluding hydrogens is 364 g/mol. The van der Waals surface area contributed by atoms with E-state index in [0.717, 1.165) is 28.1 Å². The second-order valence-corrected chi connectivity index (χ2v) is 6.71. The maximum absolute atomic E-state index is 12.3. The molecule has 1 amide bonds. The Morgan fingerprint density at radius 2 is 1.86 bits per heavy atom. The Morgan fingerprint density at radius 3 is 2.62 bits per heavy atom. The number of aliphatic hydroxyl groups is 1. The van der Waals surface area contributed by atoms with Crippen molar-refractivity contribution in [1.29, 1.82) is 0 Å². The van der Waals surface area contributed by atoms with E-state index in [1.54, 1.807) is 18.5 Å². The standard InChI is InChI=1S/C23H24N4O2/c1-17-4-3-5-18(14-17)6-7-23(29)26-21-15-19(8-10-24-21)20-9-11-25-22(16-20)27(2)12-13-28/h3-11,14-16,28H,12-13H2,1-2H3,(H,24,26,29)/b7-6+. The van der Waals surface area contributed by atoms with E-state index >= 15 is 0 Å². The Labute approximate surface area is 170 Å². The molecule has 0 unspecified atom stereocenters. The first kappa shape index (κ1) is 20.2. The second-order valence-electron chi connectivity index (χ2n) is 6.71. The van der Waals surface area contributed by atoms with Crippen molar-refractivity contribution in [1.82, 2.24) is 9.97 Å². The average Bonchev–Trinajstić information content (AvgIpc) is 2.73. The fourth-order valence-electron chi connectivity index (χ4n) is 2.86. The number of nitrogens with one attached hydrogen (secondary N) is 1. The summed E-state index contributed by atoms with van der Waals surface area (Å²) < 4.78 is 0. The van der Waals surface area contributed by atoms with Gasteiger partial charge in [-0.1, -0.05) is 29.8 Å². The summed E-state index contributed by atoms with van der Waals surface area (Å²) >= 11 is 0. The van der Waals surface area contributed by atoms with Crippen LogP contribution in [-0.4, -0.2) is 41.2 Å². The van der Waals surface area contributed by atoms with Crippen molar-refractivity contribution < 1.29 is 9.90 Å². The molecule has 29 heavy (non-hydrogen) atoms. The van der Waals surface area contributed by atoms with Crippen LogP contribution in [0.15, 0.2) is 67.0 Å². The van der Waals surface area contributed by atoms with E-state index in [4.69, 9.17) is 5.11 Å². The van der Waals surface area contributed by atoms with Gasteiger partial charge in [0.05, 0.1) is 6.61 Å². The number of likely N-dealkylation sites (N-methyl/N-ethyl adjacent to an activating group) is 1. The van der Waals surface area contributed by atoms with Gasteiger partial charge in [0.15, 0.2) is 0 Å². The summed E-state index contributed by atoms with van der Waals surface area (Å²) in [5, 5.41) is 11.9. The van der Waals surface area contributed by atoms with Gasteiger partial charge in [-0.25, -0.2) is 9.97 Å². The number of pyridine rings is 2. The number of aliphatic hydroxyl groups excluding tert-OH is 1. The Balaban J connectivity index is 1.73. The molecule has 0 saturated heterocycles. The molecule has 3 aromatic rings. The zero-order valence-electron chi connectivity index (χ0n) is 16.5. The molecule has 0 spiro atoms. The summed E-state index contributed by atoms with van der Waals surface area (Å²) in [6.45, 7) is 2.57. The molecule has 6 heteroatoms. The first-order chi connectivity index (χ1) is 14.0. The molecule has 0 aliphatic rings. The number of amides is 1. The summed E-state index contributed by atoms with van der Waals surface area (Å²) in [4.78, 5) is 22.7. The Bertz CT molecular complexity index is 1020. The van der Waals surface area contributed by atoms with Crippen LogP contribution in [0.2, 0.25) is 0 Å². The lowest BCUT2D eigenvalue weighted by Gasteiger charge is -2.17.